The third kappa shape index (κ3) is 2.86. The van der Waals surface area contributed by atoms with Crippen molar-refractivity contribution in [1.29, 1.82) is 0 Å². The molecular weight excluding hydrogens is 330 g/mol. The second-order valence-corrected chi connectivity index (χ2v) is 5.80. The Hall–Kier alpha value is -3.73. The van der Waals surface area contributed by atoms with Crippen LogP contribution < -0.4 is 15.9 Å². The van der Waals surface area contributed by atoms with Crippen LogP contribution in [0.1, 0.15) is 0 Å². The SMILES string of the molecule is Nc1ccc2oc(-c3ccc(Oc4ccccc4)cc3)c(O)c(=O)c2c1. The lowest BCUT2D eigenvalue weighted by Crippen LogP contribution is -2.03. The van der Waals surface area contributed by atoms with Gasteiger partial charge in [-0.1, -0.05) is 18.2 Å². The van der Waals surface area contributed by atoms with Gasteiger partial charge in [-0.15, -0.1) is 0 Å². The first-order valence-corrected chi connectivity index (χ1v) is 8.00. The second-order valence-electron chi connectivity index (χ2n) is 5.80. The minimum atomic E-state index is -0.516. The van der Waals surface area contributed by atoms with Gasteiger partial charge in [0, 0.05) is 11.3 Å². The summed E-state index contributed by atoms with van der Waals surface area (Å²) < 4.78 is 11.5. The van der Waals surface area contributed by atoms with Crippen molar-refractivity contribution in [1.82, 2.24) is 0 Å². The number of anilines is 1. The maximum atomic E-state index is 12.4. The third-order valence-corrected chi connectivity index (χ3v) is 3.99. The number of benzene rings is 3. The molecule has 1 aromatic heterocycles. The van der Waals surface area contributed by atoms with Gasteiger partial charge in [0.05, 0.1) is 5.39 Å². The van der Waals surface area contributed by atoms with Gasteiger partial charge in [-0.3, -0.25) is 4.79 Å². The van der Waals surface area contributed by atoms with E-state index in [1.54, 1.807) is 36.4 Å². The van der Waals surface area contributed by atoms with E-state index in [9.17, 15) is 9.90 Å². The van der Waals surface area contributed by atoms with E-state index >= 15 is 0 Å². The molecule has 3 aromatic carbocycles. The number of fused-ring (bicyclic) bond motifs is 1. The van der Waals surface area contributed by atoms with Crippen molar-refractivity contribution >= 4 is 16.7 Å². The molecule has 0 spiro atoms. The molecule has 0 bridgehead atoms. The molecule has 1 heterocycles. The normalized spacial score (nSPS) is 10.8. The summed E-state index contributed by atoms with van der Waals surface area (Å²) in [5.74, 6) is 1.02. The van der Waals surface area contributed by atoms with Crippen LogP contribution in [0.3, 0.4) is 0 Å². The molecule has 4 rings (SSSR count). The minimum Gasteiger partial charge on any atom is -0.502 e. The fraction of sp³-hybridized carbons (Fsp3) is 0. The maximum absolute atomic E-state index is 12.4. The van der Waals surface area contributed by atoms with Gasteiger partial charge >= 0.3 is 0 Å². The van der Waals surface area contributed by atoms with Gasteiger partial charge in [0.25, 0.3) is 0 Å². The van der Waals surface area contributed by atoms with E-state index in [-0.39, 0.29) is 11.1 Å². The highest BCUT2D eigenvalue weighted by Gasteiger charge is 2.15. The van der Waals surface area contributed by atoms with Gasteiger partial charge in [0.1, 0.15) is 17.1 Å². The van der Waals surface area contributed by atoms with E-state index in [4.69, 9.17) is 14.9 Å². The molecule has 0 saturated carbocycles. The molecule has 3 N–H and O–H groups in total. The molecule has 0 aliphatic carbocycles. The van der Waals surface area contributed by atoms with Crippen LogP contribution in [0.5, 0.6) is 17.2 Å². The van der Waals surface area contributed by atoms with Crippen LogP contribution in [0.4, 0.5) is 5.69 Å². The number of hydrogen-bond donors (Lipinski definition) is 2. The Bertz CT molecular complexity index is 1130. The highest BCUT2D eigenvalue weighted by molar-refractivity contribution is 5.84. The zero-order valence-electron chi connectivity index (χ0n) is 13.7. The maximum Gasteiger partial charge on any atom is 0.235 e. The summed E-state index contributed by atoms with van der Waals surface area (Å²) in [5, 5.41) is 10.5. The largest absolute Gasteiger partial charge is 0.502 e. The molecule has 0 amide bonds. The van der Waals surface area contributed by atoms with Gasteiger partial charge < -0.3 is 20.0 Å². The van der Waals surface area contributed by atoms with Crippen molar-refractivity contribution in [2.75, 3.05) is 5.73 Å². The lowest BCUT2D eigenvalue weighted by molar-refractivity contribution is 0.449. The molecule has 0 aliphatic heterocycles. The Morgan fingerprint density at radius 2 is 1.58 bits per heavy atom. The lowest BCUT2D eigenvalue weighted by Gasteiger charge is -2.08. The Balaban J connectivity index is 1.72. The van der Waals surface area contributed by atoms with Crippen LogP contribution >= 0.6 is 0 Å². The zero-order valence-corrected chi connectivity index (χ0v) is 13.7. The third-order valence-electron chi connectivity index (χ3n) is 3.99. The topological polar surface area (TPSA) is 85.7 Å². The molecule has 128 valence electrons. The highest BCUT2D eigenvalue weighted by Crippen LogP contribution is 2.32. The van der Waals surface area contributed by atoms with Gasteiger partial charge in [0.2, 0.25) is 11.2 Å². The molecule has 26 heavy (non-hydrogen) atoms. The van der Waals surface area contributed by atoms with Crippen molar-refractivity contribution in [3.8, 4) is 28.6 Å². The number of rotatable bonds is 3. The van der Waals surface area contributed by atoms with E-state index in [1.807, 2.05) is 30.3 Å². The molecule has 0 saturated heterocycles. The highest BCUT2D eigenvalue weighted by atomic mass is 16.5. The molecular formula is C21H15NO4. The number of aromatic hydroxyl groups is 1. The molecule has 5 nitrogen and oxygen atoms in total. The fourth-order valence-corrected chi connectivity index (χ4v) is 2.70. The number of hydrogen-bond acceptors (Lipinski definition) is 5. The summed E-state index contributed by atoms with van der Waals surface area (Å²) in [7, 11) is 0. The minimum absolute atomic E-state index is 0.110. The zero-order chi connectivity index (χ0) is 18.1. The molecule has 0 unspecified atom stereocenters. The summed E-state index contributed by atoms with van der Waals surface area (Å²) in [5.41, 5.74) is 6.54. The Morgan fingerprint density at radius 1 is 0.885 bits per heavy atom. The van der Waals surface area contributed by atoms with Crippen molar-refractivity contribution in [3.63, 3.8) is 0 Å². The van der Waals surface area contributed by atoms with Crippen LogP contribution in [0.25, 0.3) is 22.3 Å². The van der Waals surface area contributed by atoms with Crippen molar-refractivity contribution in [2.24, 2.45) is 0 Å². The van der Waals surface area contributed by atoms with E-state index in [2.05, 4.69) is 0 Å². The molecule has 4 aromatic rings. The Morgan fingerprint density at radius 3 is 2.31 bits per heavy atom. The second kappa shape index (κ2) is 6.29. The van der Waals surface area contributed by atoms with Crippen LogP contribution in [0.2, 0.25) is 0 Å². The van der Waals surface area contributed by atoms with Gasteiger partial charge in [-0.2, -0.15) is 0 Å². The molecule has 0 fully saturated rings. The predicted octanol–water partition coefficient (Wildman–Crippen LogP) is 4.54. The summed E-state index contributed by atoms with van der Waals surface area (Å²) in [4.78, 5) is 12.4. The van der Waals surface area contributed by atoms with Gasteiger partial charge in [-0.05, 0) is 54.6 Å². The van der Waals surface area contributed by atoms with Crippen molar-refractivity contribution in [3.05, 3.63) is 83.0 Å². The molecule has 5 heteroatoms. The van der Waals surface area contributed by atoms with Crippen LogP contribution in [-0.4, -0.2) is 5.11 Å². The van der Waals surface area contributed by atoms with Crippen molar-refractivity contribution < 1.29 is 14.3 Å². The van der Waals surface area contributed by atoms with Crippen LogP contribution in [0, 0.1) is 0 Å². The van der Waals surface area contributed by atoms with E-state index < -0.39 is 11.2 Å². The summed E-state index contributed by atoms with van der Waals surface area (Å²) in [6, 6.07) is 21.1. The number of ether oxygens (including phenoxy) is 1. The van der Waals surface area contributed by atoms with Crippen molar-refractivity contribution in [2.45, 2.75) is 0 Å². The van der Waals surface area contributed by atoms with E-state index in [1.165, 1.54) is 6.07 Å². The summed E-state index contributed by atoms with van der Waals surface area (Å²) >= 11 is 0. The van der Waals surface area contributed by atoms with Gasteiger partial charge in [0.15, 0.2) is 5.76 Å². The average molecular weight is 345 g/mol. The summed E-state index contributed by atoms with van der Waals surface area (Å²) in [6.45, 7) is 0. The fourth-order valence-electron chi connectivity index (χ4n) is 2.70. The lowest BCUT2D eigenvalue weighted by atomic mass is 10.1. The van der Waals surface area contributed by atoms with Crippen LogP contribution in [0.15, 0.2) is 82.0 Å². The number of nitrogens with two attached hydrogens (primary N) is 1. The van der Waals surface area contributed by atoms with E-state index in [0.717, 1.165) is 5.75 Å². The summed E-state index contributed by atoms with van der Waals surface area (Å²) in [6.07, 6.45) is 0. The first-order chi connectivity index (χ1) is 12.6. The monoisotopic (exact) mass is 345 g/mol. The molecule has 0 radical (unpaired) electrons. The van der Waals surface area contributed by atoms with Gasteiger partial charge in [-0.25, -0.2) is 0 Å². The van der Waals surface area contributed by atoms with Crippen LogP contribution in [-0.2, 0) is 0 Å². The standard InChI is InChI=1S/C21H15NO4/c22-14-8-11-18-17(12-14)19(23)20(24)21(26-18)13-6-9-16(10-7-13)25-15-4-2-1-3-5-15/h1-12,24H,22H2. The molecule has 0 aliphatic rings. The Kier molecular flexibility index (Phi) is 3.82. The number of nitrogen functional groups attached to an aromatic ring is 1. The predicted molar refractivity (Wildman–Crippen MR) is 101 cm³/mol. The Labute approximate surface area is 148 Å². The smallest absolute Gasteiger partial charge is 0.235 e. The average Bonchev–Trinajstić information content (AvgIpc) is 2.67. The number of para-hydroxylation sites is 1. The molecule has 0 atom stereocenters. The first-order valence-electron chi connectivity index (χ1n) is 8.00. The van der Waals surface area contributed by atoms with E-state index in [0.29, 0.717) is 22.6 Å². The quantitative estimate of drug-likeness (QED) is 0.532. The first kappa shape index (κ1) is 15.8.